The maximum absolute atomic E-state index is 3.61. The number of hydrogen-bond donors (Lipinski definition) is 1. The number of nitrogens with one attached hydrogen (secondary N) is 1. The van der Waals surface area contributed by atoms with Gasteiger partial charge in [0, 0.05) is 37.4 Å². The number of para-hydroxylation sites is 1. The zero-order valence-corrected chi connectivity index (χ0v) is 13.4. The molecule has 2 atom stereocenters. The van der Waals surface area contributed by atoms with Gasteiger partial charge in [-0.15, -0.1) is 0 Å². The van der Waals surface area contributed by atoms with Crippen LogP contribution >= 0.6 is 0 Å². The lowest BCUT2D eigenvalue weighted by Gasteiger charge is -2.41. The fraction of sp³-hybridized carbons (Fsp3) is 0.647. The van der Waals surface area contributed by atoms with Gasteiger partial charge in [0.1, 0.15) is 0 Å². The fourth-order valence-electron chi connectivity index (χ4n) is 3.08. The van der Waals surface area contributed by atoms with E-state index in [1.54, 1.807) is 0 Å². The van der Waals surface area contributed by atoms with E-state index < -0.39 is 0 Å². The lowest BCUT2D eigenvalue weighted by Crippen LogP contribution is -2.51. The summed E-state index contributed by atoms with van der Waals surface area (Å²) in [5, 5.41) is 3.61. The SMILES string of the molecule is CCCNC(C)c1ccccc1N1CCN(C)CC1C. The van der Waals surface area contributed by atoms with Crippen LogP contribution in [0.1, 0.15) is 38.8 Å². The van der Waals surface area contributed by atoms with Gasteiger partial charge in [-0.25, -0.2) is 0 Å². The number of benzene rings is 1. The number of piperazine rings is 1. The minimum atomic E-state index is 0.415. The molecule has 1 aliphatic rings. The molecule has 2 unspecified atom stereocenters. The third-order valence-electron chi connectivity index (χ3n) is 4.24. The first kappa shape index (κ1) is 15.3. The molecular weight excluding hydrogens is 246 g/mol. The standard InChI is InChI=1S/C17H29N3/c1-5-10-18-15(3)16-8-6-7-9-17(16)20-12-11-19(4)13-14(20)2/h6-9,14-15,18H,5,10-13H2,1-4H3. The topological polar surface area (TPSA) is 18.5 Å². The molecule has 0 bridgehead atoms. The monoisotopic (exact) mass is 275 g/mol. The predicted octanol–water partition coefficient (Wildman–Crippen LogP) is 2.89. The minimum Gasteiger partial charge on any atom is -0.366 e. The van der Waals surface area contributed by atoms with Gasteiger partial charge in [-0.2, -0.15) is 0 Å². The van der Waals surface area contributed by atoms with Crippen molar-refractivity contribution >= 4 is 5.69 Å². The van der Waals surface area contributed by atoms with Gasteiger partial charge in [0.15, 0.2) is 0 Å². The van der Waals surface area contributed by atoms with Crippen molar-refractivity contribution in [1.29, 1.82) is 0 Å². The fourth-order valence-corrected chi connectivity index (χ4v) is 3.08. The van der Waals surface area contributed by atoms with Gasteiger partial charge in [0.25, 0.3) is 0 Å². The van der Waals surface area contributed by atoms with Crippen LogP contribution in [0.4, 0.5) is 5.69 Å². The van der Waals surface area contributed by atoms with E-state index in [-0.39, 0.29) is 0 Å². The molecule has 0 spiro atoms. The average Bonchev–Trinajstić information content (AvgIpc) is 2.45. The van der Waals surface area contributed by atoms with Gasteiger partial charge in [-0.05, 0) is 45.5 Å². The van der Waals surface area contributed by atoms with E-state index in [2.05, 4.69) is 67.2 Å². The van der Waals surface area contributed by atoms with Crippen LogP contribution in [0, 0.1) is 0 Å². The maximum atomic E-state index is 3.61. The van der Waals surface area contributed by atoms with Gasteiger partial charge in [-0.1, -0.05) is 25.1 Å². The van der Waals surface area contributed by atoms with Crippen LogP contribution in [0.2, 0.25) is 0 Å². The number of hydrogen-bond acceptors (Lipinski definition) is 3. The molecular formula is C17H29N3. The summed E-state index contributed by atoms with van der Waals surface area (Å²) >= 11 is 0. The Balaban J connectivity index is 2.18. The minimum absolute atomic E-state index is 0.415. The van der Waals surface area contributed by atoms with Gasteiger partial charge in [0.05, 0.1) is 0 Å². The largest absolute Gasteiger partial charge is 0.366 e. The van der Waals surface area contributed by atoms with Gasteiger partial charge in [-0.3, -0.25) is 0 Å². The number of likely N-dealkylation sites (N-methyl/N-ethyl adjacent to an activating group) is 1. The van der Waals surface area contributed by atoms with Gasteiger partial charge < -0.3 is 15.1 Å². The summed E-state index contributed by atoms with van der Waals surface area (Å²) in [6, 6.07) is 9.86. The van der Waals surface area contributed by atoms with Crippen LogP contribution in [0.3, 0.4) is 0 Å². The average molecular weight is 275 g/mol. The Morgan fingerprint density at radius 3 is 2.75 bits per heavy atom. The molecule has 0 aliphatic carbocycles. The first-order chi connectivity index (χ1) is 9.63. The second-order valence-corrected chi connectivity index (χ2v) is 6.04. The van der Waals surface area contributed by atoms with Crippen molar-refractivity contribution in [2.45, 2.75) is 39.3 Å². The maximum Gasteiger partial charge on any atom is 0.0417 e. The molecule has 1 aromatic rings. The summed E-state index contributed by atoms with van der Waals surface area (Å²) in [7, 11) is 2.21. The Labute approximate surface area is 124 Å². The van der Waals surface area contributed by atoms with E-state index in [0.717, 1.165) is 26.2 Å². The smallest absolute Gasteiger partial charge is 0.0417 e. The molecule has 0 saturated carbocycles. The Bertz CT molecular complexity index is 418. The van der Waals surface area contributed by atoms with Crippen LogP contribution in [-0.2, 0) is 0 Å². The molecule has 0 radical (unpaired) electrons. The summed E-state index contributed by atoms with van der Waals surface area (Å²) in [5.74, 6) is 0. The summed E-state index contributed by atoms with van der Waals surface area (Å²) in [4.78, 5) is 4.99. The van der Waals surface area contributed by atoms with Crippen LogP contribution < -0.4 is 10.2 Å². The molecule has 20 heavy (non-hydrogen) atoms. The summed E-state index contributed by atoms with van der Waals surface area (Å²) in [6.45, 7) is 11.3. The summed E-state index contributed by atoms with van der Waals surface area (Å²) in [5.41, 5.74) is 2.83. The van der Waals surface area contributed by atoms with Crippen molar-refractivity contribution in [3.63, 3.8) is 0 Å². The predicted molar refractivity (Wildman–Crippen MR) is 87.5 cm³/mol. The molecule has 1 N–H and O–H groups in total. The lowest BCUT2D eigenvalue weighted by atomic mass is 10.0. The zero-order chi connectivity index (χ0) is 14.5. The normalized spacial score (nSPS) is 22.0. The molecule has 1 saturated heterocycles. The lowest BCUT2D eigenvalue weighted by molar-refractivity contribution is 0.275. The third kappa shape index (κ3) is 3.53. The molecule has 3 nitrogen and oxygen atoms in total. The molecule has 3 heteroatoms. The Morgan fingerprint density at radius 1 is 1.30 bits per heavy atom. The van der Waals surface area contributed by atoms with Crippen molar-refractivity contribution in [3.05, 3.63) is 29.8 Å². The highest BCUT2D eigenvalue weighted by molar-refractivity contribution is 5.56. The van der Waals surface area contributed by atoms with E-state index in [1.165, 1.54) is 17.7 Å². The molecule has 112 valence electrons. The molecule has 1 aliphatic heterocycles. The highest BCUT2D eigenvalue weighted by Crippen LogP contribution is 2.29. The molecule has 2 rings (SSSR count). The highest BCUT2D eigenvalue weighted by atomic mass is 15.3. The van der Waals surface area contributed by atoms with Crippen molar-refractivity contribution in [2.24, 2.45) is 0 Å². The molecule has 0 aromatic heterocycles. The second kappa shape index (κ2) is 7.09. The van der Waals surface area contributed by atoms with Crippen molar-refractivity contribution in [2.75, 3.05) is 38.1 Å². The van der Waals surface area contributed by atoms with Crippen LogP contribution in [-0.4, -0.2) is 44.2 Å². The second-order valence-electron chi connectivity index (χ2n) is 6.04. The zero-order valence-electron chi connectivity index (χ0n) is 13.4. The van der Waals surface area contributed by atoms with Gasteiger partial charge in [0.2, 0.25) is 0 Å². The first-order valence-electron chi connectivity index (χ1n) is 7.91. The van der Waals surface area contributed by atoms with Crippen molar-refractivity contribution < 1.29 is 0 Å². The first-order valence-corrected chi connectivity index (χ1v) is 7.91. The van der Waals surface area contributed by atoms with Gasteiger partial charge >= 0.3 is 0 Å². The molecule has 1 fully saturated rings. The quantitative estimate of drug-likeness (QED) is 0.891. The Morgan fingerprint density at radius 2 is 2.05 bits per heavy atom. The highest BCUT2D eigenvalue weighted by Gasteiger charge is 2.24. The number of rotatable bonds is 5. The number of nitrogens with zero attached hydrogens (tertiary/aromatic N) is 2. The number of anilines is 1. The van der Waals surface area contributed by atoms with E-state index in [9.17, 15) is 0 Å². The van der Waals surface area contributed by atoms with Crippen LogP contribution in [0.5, 0.6) is 0 Å². The van der Waals surface area contributed by atoms with E-state index >= 15 is 0 Å². The van der Waals surface area contributed by atoms with E-state index in [1.807, 2.05) is 0 Å². The van der Waals surface area contributed by atoms with E-state index in [0.29, 0.717) is 12.1 Å². The Kier molecular flexibility index (Phi) is 5.44. The molecule has 1 heterocycles. The Hall–Kier alpha value is -1.06. The summed E-state index contributed by atoms with van der Waals surface area (Å²) in [6.07, 6.45) is 1.18. The summed E-state index contributed by atoms with van der Waals surface area (Å²) < 4.78 is 0. The van der Waals surface area contributed by atoms with E-state index in [4.69, 9.17) is 0 Å². The third-order valence-corrected chi connectivity index (χ3v) is 4.24. The molecule has 1 aromatic carbocycles. The van der Waals surface area contributed by atoms with Crippen molar-refractivity contribution in [1.82, 2.24) is 10.2 Å². The molecule has 0 amide bonds. The van der Waals surface area contributed by atoms with Crippen molar-refractivity contribution in [3.8, 4) is 0 Å². The van der Waals surface area contributed by atoms with Crippen LogP contribution in [0.25, 0.3) is 0 Å². The van der Waals surface area contributed by atoms with Crippen LogP contribution in [0.15, 0.2) is 24.3 Å².